The fourth-order valence-corrected chi connectivity index (χ4v) is 2.46. The number of pyridine rings is 1. The minimum atomic E-state index is 0.743. The zero-order valence-electron chi connectivity index (χ0n) is 11.0. The van der Waals surface area contributed by atoms with Gasteiger partial charge in [0, 0.05) is 22.8 Å². The van der Waals surface area contributed by atoms with E-state index in [1.54, 1.807) is 10.9 Å². The molecule has 0 aliphatic rings. The second-order valence-electron chi connectivity index (χ2n) is 4.41. The summed E-state index contributed by atoms with van der Waals surface area (Å²) < 4.78 is 2.74. The Morgan fingerprint density at radius 1 is 1.30 bits per heavy atom. The molecule has 0 fully saturated rings. The lowest BCUT2D eigenvalue weighted by Gasteiger charge is -2.09. The van der Waals surface area contributed by atoms with E-state index in [1.165, 1.54) is 0 Å². The van der Waals surface area contributed by atoms with Crippen LogP contribution in [0.1, 0.15) is 12.5 Å². The number of nitrogens with one attached hydrogen (secondary N) is 1. The normalized spacial score (nSPS) is 11.1. The van der Waals surface area contributed by atoms with Gasteiger partial charge in [0.15, 0.2) is 5.82 Å². The van der Waals surface area contributed by atoms with Crippen LogP contribution < -0.4 is 5.32 Å². The van der Waals surface area contributed by atoms with Gasteiger partial charge in [0.1, 0.15) is 5.52 Å². The van der Waals surface area contributed by atoms with Crippen LogP contribution in [0.15, 0.2) is 41.0 Å². The minimum Gasteiger partial charge on any atom is -0.313 e. The van der Waals surface area contributed by atoms with Gasteiger partial charge in [-0.05, 0) is 40.7 Å². The van der Waals surface area contributed by atoms with Gasteiger partial charge in [0.05, 0.1) is 5.52 Å². The Balaban J connectivity index is 2.13. The molecule has 0 aliphatic carbocycles. The number of aromatic nitrogens is 4. The molecule has 0 unspecified atom stereocenters. The van der Waals surface area contributed by atoms with Crippen molar-refractivity contribution in [2.75, 3.05) is 6.54 Å². The maximum atomic E-state index is 4.50. The van der Waals surface area contributed by atoms with Crippen molar-refractivity contribution in [1.29, 1.82) is 0 Å². The summed E-state index contributed by atoms with van der Waals surface area (Å²) in [4.78, 5) is 4.50. The van der Waals surface area contributed by atoms with Gasteiger partial charge in [-0.1, -0.05) is 24.3 Å². The fraction of sp³-hybridized carbons (Fsp3) is 0.214. The summed E-state index contributed by atoms with van der Waals surface area (Å²) in [6.07, 6.45) is 1.78. The van der Waals surface area contributed by atoms with E-state index < -0.39 is 0 Å². The molecule has 0 saturated carbocycles. The standard InChI is InChI=1S/C14H14BrN5/c1-2-16-8-10-7-11(15)9-17-14(10)20-13-6-4-3-5-12(13)18-19-20/h3-7,9,16H,2,8H2,1H3. The number of hydrogen-bond acceptors (Lipinski definition) is 4. The van der Waals surface area contributed by atoms with Gasteiger partial charge in [-0.25, -0.2) is 4.98 Å². The molecule has 0 saturated heterocycles. The van der Waals surface area contributed by atoms with Gasteiger partial charge < -0.3 is 5.32 Å². The summed E-state index contributed by atoms with van der Waals surface area (Å²) >= 11 is 3.47. The lowest BCUT2D eigenvalue weighted by molar-refractivity contribution is 0.706. The van der Waals surface area contributed by atoms with Crippen LogP contribution in [0.4, 0.5) is 0 Å². The molecule has 3 rings (SSSR count). The van der Waals surface area contributed by atoms with Gasteiger partial charge in [-0.15, -0.1) is 5.10 Å². The minimum absolute atomic E-state index is 0.743. The van der Waals surface area contributed by atoms with Crippen LogP contribution in [-0.4, -0.2) is 26.5 Å². The van der Waals surface area contributed by atoms with Crippen molar-refractivity contribution in [3.63, 3.8) is 0 Å². The van der Waals surface area contributed by atoms with E-state index in [1.807, 2.05) is 24.3 Å². The molecule has 5 nitrogen and oxygen atoms in total. The molecule has 3 aromatic rings. The van der Waals surface area contributed by atoms with Crippen molar-refractivity contribution in [2.24, 2.45) is 0 Å². The smallest absolute Gasteiger partial charge is 0.160 e. The van der Waals surface area contributed by atoms with E-state index in [0.29, 0.717) is 0 Å². The number of benzene rings is 1. The molecule has 0 atom stereocenters. The van der Waals surface area contributed by atoms with Crippen molar-refractivity contribution in [1.82, 2.24) is 25.3 Å². The molecule has 1 aromatic carbocycles. The van der Waals surface area contributed by atoms with Gasteiger partial charge in [-0.3, -0.25) is 0 Å². The van der Waals surface area contributed by atoms with Gasteiger partial charge in [0.2, 0.25) is 0 Å². The van der Waals surface area contributed by atoms with E-state index in [2.05, 4.69) is 49.5 Å². The Kier molecular flexibility index (Phi) is 3.75. The first-order valence-corrected chi connectivity index (χ1v) is 7.25. The third-order valence-electron chi connectivity index (χ3n) is 3.03. The maximum Gasteiger partial charge on any atom is 0.160 e. The van der Waals surface area contributed by atoms with Gasteiger partial charge >= 0.3 is 0 Å². The first-order chi connectivity index (χ1) is 9.79. The molecule has 2 heterocycles. The summed E-state index contributed by atoms with van der Waals surface area (Å²) in [5.41, 5.74) is 2.91. The van der Waals surface area contributed by atoms with Crippen molar-refractivity contribution in [3.8, 4) is 5.82 Å². The number of hydrogen-bond donors (Lipinski definition) is 1. The number of halogens is 1. The zero-order valence-corrected chi connectivity index (χ0v) is 12.6. The fourth-order valence-electron chi connectivity index (χ4n) is 2.08. The summed E-state index contributed by atoms with van der Waals surface area (Å²) in [5.74, 6) is 0.808. The molecule has 6 heteroatoms. The van der Waals surface area contributed by atoms with Crippen LogP contribution in [0.2, 0.25) is 0 Å². The SMILES string of the molecule is CCNCc1cc(Br)cnc1-n1nnc2ccccc21. The Bertz CT molecular complexity index is 737. The van der Waals surface area contributed by atoms with E-state index >= 15 is 0 Å². The Labute approximate surface area is 125 Å². The number of fused-ring (bicyclic) bond motifs is 1. The molecule has 0 amide bonds. The van der Waals surface area contributed by atoms with E-state index in [0.717, 1.165) is 40.0 Å². The van der Waals surface area contributed by atoms with E-state index in [9.17, 15) is 0 Å². The van der Waals surface area contributed by atoms with E-state index in [-0.39, 0.29) is 0 Å². The van der Waals surface area contributed by atoms with Crippen molar-refractivity contribution in [2.45, 2.75) is 13.5 Å². The third kappa shape index (κ3) is 2.44. The van der Waals surface area contributed by atoms with Crippen molar-refractivity contribution < 1.29 is 0 Å². The largest absolute Gasteiger partial charge is 0.313 e. The molecule has 0 aliphatic heterocycles. The van der Waals surface area contributed by atoms with Gasteiger partial charge in [-0.2, -0.15) is 4.68 Å². The van der Waals surface area contributed by atoms with Gasteiger partial charge in [0.25, 0.3) is 0 Å². The Morgan fingerprint density at radius 3 is 3.00 bits per heavy atom. The van der Waals surface area contributed by atoms with Crippen LogP contribution in [0, 0.1) is 0 Å². The topological polar surface area (TPSA) is 55.6 Å². The van der Waals surface area contributed by atoms with Crippen LogP contribution >= 0.6 is 15.9 Å². The second-order valence-corrected chi connectivity index (χ2v) is 5.32. The van der Waals surface area contributed by atoms with Crippen LogP contribution in [0.25, 0.3) is 16.9 Å². The number of para-hydroxylation sites is 1. The van der Waals surface area contributed by atoms with Crippen LogP contribution in [-0.2, 0) is 6.54 Å². The second kappa shape index (κ2) is 5.68. The highest BCUT2D eigenvalue weighted by molar-refractivity contribution is 9.10. The molecule has 0 radical (unpaired) electrons. The lowest BCUT2D eigenvalue weighted by atomic mass is 10.2. The van der Waals surface area contributed by atoms with Crippen molar-refractivity contribution >= 4 is 27.0 Å². The Hall–Kier alpha value is -1.79. The molecule has 1 N–H and O–H groups in total. The highest BCUT2D eigenvalue weighted by Gasteiger charge is 2.11. The summed E-state index contributed by atoms with van der Waals surface area (Å²) in [6.45, 7) is 3.73. The quantitative estimate of drug-likeness (QED) is 0.798. The first kappa shape index (κ1) is 13.2. The molecule has 20 heavy (non-hydrogen) atoms. The Morgan fingerprint density at radius 2 is 2.15 bits per heavy atom. The number of rotatable bonds is 4. The molecular formula is C14H14BrN5. The monoisotopic (exact) mass is 331 g/mol. The lowest BCUT2D eigenvalue weighted by Crippen LogP contribution is -2.15. The predicted octanol–water partition coefficient (Wildman–Crippen LogP) is 2.69. The summed E-state index contributed by atoms with van der Waals surface area (Å²) in [5, 5.41) is 11.7. The van der Waals surface area contributed by atoms with Crippen molar-refractivity contribution in [3.05, 3.63) is 46.6 Å². The highest BCUT2D eigenvalue weighted by Crippen LogP contribution is 2.20. The molecule has 0 spiro atoms. The van der Waals surface area contributed by atoms with Crippen LogP contribution in [0.5, 0.6) is 0 Å². The summed E-state index contributed by atoms with van der Waals surface area (Å²) in [6, 6.07) is 9.93. The first-order valence-electron chi connectivity index (χ1n) is 6.45. The molecule has 102 valence electrons. The highest BCUT2D eigenvalue weighted by atomic mass is 79.9. The number of nitrogens with zero attached hydrogens (tertiary/aromatic N) is 4. The average molecular weight is 332 g/mol. The average Bonchev–Trinajstić information content (AvgIpc) is 2.89. The van der Waals surface area contributed by atoms with Crippen LogP contribution in [0.3, 0.4) is 0 Å². The third-order valence-corrected chi connectivity index (χ3v) is 3.46. The summed E-state index contributed by atoms with van der Waals surface area (Å²) in [7, 11) is 0. The molecule has 0 bridgehead atoms. The molecular weight excluding hydrogens is 318 g/mol. The molecule has 2 aromatic heterocycles. The van der Waals surface area contributed by atoms with E-state index in [4.69, 9.17) is 0 Å². The zero-order chi connectivity index (χ0) is 13.9. The maximum absolute atomic E-state index is 4.50. The predicted molar refractivity (Wildman–Crippen MR) is 81.7 cm³/mol.